The lowest BCUT2D eigenvalue weighted by molar-refractivity contribution is -0.113. The van der Waals surface area contributed by atoms with Crippen molar-refractivity contribution >= 4 is 60.3 Å². The van der Waals surface area contributed by atoms with Gasteiger partial charge >= 0.3 is 0 Å². The Labute approximate surface area is 188 Å². The number of nitrogens with two attached hydrogens (primary N) is 1. The Balaban J connectivity index is 1.80. The molecule has 3 rings (SSSR count). The third kappa shape index (κ3) is 5.42. The van der Waals surface area contributed by atoms with Gasteiger partial charge in [0.2, 0.25) is 15.9 Å². The van der Waals surface area contributed by atoms with Crippen LogP contribution in [-0.2, 0) is 21.4 Å². The summed E-state index contributed by atoms with van der Waals surface area (Å²) in [5.41, 5.74) is 3.14. The number of amides is 1. The van der Waals surface area contributed by atoms with Crippen LogP contribution in [0, 0.1) is 6.92 Å². The quantitative estimate of drug-likeness (QED) is 0.439. The first-order valence-electron chi connectivity index (χ1n) is 9.41. The van der Waals surface area contributed by atoms with E-state index in [-0.39, 0.29) is 16.6 Å². The molecule has 0 fully saturated rings. The fourth-order valence-corrected chi connectivity index (χ4v) is 4.58. The molecule has 0 bridgehead atoms. The Kier molecular flexibility index (Phi) is 7.22. The number of halogens is 1. The van der Waals surface area contributed by atoms with Gasteiger partial charge in [-0.15, -0.1) is 0 Å². The average Bonchev–Trinajstić information content (AvgIpc) is 3.03. The van der Waals surface area contributed by atoms with Crippen LogP contribution in [0.15, 0.2) is 50.9 Å². The number of hydrogen-bond acceptors (Lipinski definition) is 5. The topological polar surface area (TPSA) is 107 Å². The third-order valence-corrected chi connectivity index (χ3v) is 7.30. The molecule has 30 heavy (non-hydrogen) atoms. The molecule has 7 nitrogen and oxygen atoms in total. The lowest BCUT2D eigenvalue weighted by Crippen LogP contribution is -2.14. The highest BCUT2D eigenvalue weighted by Crippen LogP contribution is 2.27. The fraction of sp³-hybridized carbons (Fsp3) is 0.300. The molecule has 10 heteroatoms. The minimum Gasteiger partial charge on any atom is -0.325 e. The van der Waals surface area contributed by atoms with Crippen molar-refractivity contribution in [1.29, 1.82) is 0 Å². The first-order valence-corrected chi connectivity index (χ1v) is 12.7. The second-order valence-electron chi connectivity index (χ2n) is 6.90. The molecule has 0 unspecified atom stereocenters. The van der Waals surface area contributed by atoms with Gasteiger partial charge in [0.25, 0.3) is 0 Å². The maximum atomic E-state index is 12.4. The van der Waals surface area contributed by atoms with Gasteiger partial charge in [-0.1, -0.05) is 41.0 Å². The number of nitrogens with one attached hydrogen (secondary N) is 1. The molecule has 3 aromatic rings. The molecular weight excluding hydrogens is 488 g/mol. The van der Waals surface area contributed by atoms with Gasteiger partial charge in [-0.05, 0) is 55.3 Å². The van der Waals surface area contributed by atoms with Crippen LogP contribution in [0.2, 0.25) is 0 Å². The Morgan fingerprint density at radius 1 is 1.27 bits per heavy atom. The zero-order valence-corrected chi connectivity index (χ0v) is 19.9. The smallest absolute Gasteiger partial charge is 0.238 e. The number of fused-ring (bicyclic) bond motifs is 1. The molecule has 0 saturated heterocycles. The van der Waals surface area contributed by atoms with E-state index in [0.29, 0.717) is 10.7 Å². The number of unbranched alkanes of at least 4 members (excludes halogenated alkanes) is 1. The highest BCUT2D eigenvalue weighted by atomic mass is 79.9. The van der Waals surface area contributed by atoms with Crippen molar-refractivity contribution in [3.63, 3.8) is 0 Å². The van der Waals surface area contributed by atoms with Crippen LogP contribution in [0.4, 0.5) is 5.69 Å². The lowest BCUT2D eigenvalue weighted by atomic mass is 10.2. The van der Waals surface area contributed by atoms with Crippen molar-refractivity contribution in [3.8, 4) is 0 Å². The summed E-state index contributed by atoms with van der Waals surface area (Å²) in [6.45, 7) is 4.79. The number of carbonyl (C=O) groups excluding carboxylic acids is 1. The molecule has 1 aromatic heterocycles. The van der Waals surface area contributed by atoms with Crippen LogP contribution < -0.4 is 10.5 Å². The van der Waals surface area contributed by atoms with E-state index < -0.39 is 10.0 Å². The predicted molar refractivity (Wildman–Crippen MR) is 124 cm³/mol. The summed E-state index contributed by atoms with van der Waals surface area (Å²) in [5, 5.41) is 8.81. The molecule has 1 amide bonds. The average molecular weight is 511 g/mol. The van der Waals surface area contributed by atoms with Gasteiger partial charge in [-0.3, -0.25) is 4.79 Å². The van der Waals surface area contributed by atoms with Gasteiger partial charge in [-0.25, -0.2) is 18.5 Å². The van der Waals surface area contributed by atoms with Crippen LogP contribution >= 0.6 is 27.7 Å². The SMILES string of the molecule is CCCCn1c(SCC(=O)Nc2ccc(Br)c(C)c2)nc2cc(S(N)(=O)=O)ccc21. The second-order valence-corrected chi connectivity index (χ2v) is 10.3. The van der Waals surface area contributed by atoms with Crippen molar-refractivity contribution in [3.05, 3.63) is 46.4 Å². The molecule has 0 atom stereocenters. The maximum Gasteiger partial charge on any atom is 0.238 e. The highest BCUT2D eigenvalue weighted by Gasteiger charge is 2.16. The molecule has 1 heterocycles. The van der Waals surface area contributed by atoms with E-state index in [1.165, 1.54) is 23.9 Å². The van der Waals surface area contributed by atoms with Crippen molar-refractivity contribution in [1.82, 2.24) is 9.55 Å². The first-order chi connectivity index (χ1) is 14.2. The summed E-state index contributed by atoms with van der Waals surface area (Å²) < 4.78 is 26.3. The van der Waals surface area contributed by atoms with Gasteiger partial charge in [0.15, 0.2) is 5.16 Å². The number of benzene rings is 2. The van der Waals surface area contributed by atoms with E-state index in [1.807, 2.05) is 29.7 Å². The van der Waals surface area contributed by atoms with Crippen molar-refractivity contribution in [2.24, 2.45) is 5.14 Å². The Bertz CT molecular complexity index is 1190. The van der Waals surface area contributed by atoms with Gasteiger partial charge in [0.1, 0.15) is 0 Å². The number of thioether (sulfide) groups is 1. The van der Waals surface area contributed by atoms with E-state index in [4.69, 9.17) is 5.14 Å². The van der Waals surface area contributed by atoms with E-state index in [1.54, 1.807) is 6.07 Å². The summed E-state index contributed by atoms with van der Waals surface area (Å²) in [6, 6.07) is 10.3. The predicted octanol–water partition coefficient (Wildman–Crippen LogP) is 4.29. The number of primary sulfonamides is 1. The number of anilines is 1. The summed E-state index contributed by atoms with van der Waals surface area (Å²) in [5.74, 6) is 0.0492. The zero-order chi connectivity index (χ0) is 21.9. The fourth-order valence-electron chi connectivity index (χ4n) is 2.96. The van der Waals surface area contributed by atoms with E-state index in [2.05, 4.69) is 33.2 Å². The Hall–Kier alpha value is -1.88. The molecule has 0 radical (unpaired) electrons. The van der Waals surface area contributed by atoms with Crippen LogP contribution in [0.1, 0.15) is 25.3 Å². The molecule has 0 spiro atoms. The minimum atomic E-state index is -3.81. The van der Waals surface area contributed by atoms with Crippen molar-refractivity contribution < 1.29 is 13.2 Å². The number of nitrogens with zero attached hydrogens (tertiary/aromatic N) is 2. The number of rotatable bonds is 8. The van der Waals surface area contributed by atoms with E-state index in [0.717, 1.165) is 40.6 Å². The van der Waals surface area contributed by atoms with E-state index in [9.17, 15) is 13.2 Å². The first kappa shape index (κ1) is 22.8. The van der Waals surface area contributed by atoms with Gasteiger partial charge in [0, 0.05) is 16.7 Å². The monoisotopic (exact) mass is 510 g/mol. The van der Waals surface area contributed by atoms with Crippen LogP contribution in [0.3, 0.4) is 0 Å². The van der Waals surface area contributed by atoms with Crippen LogP contribution in [-0.4, -0.2) is 29.6 Å². The number of aromatic nitrogens is 2. The minimum absolute atomic E-state index is 0.0232. The molecular formula is C20H23BrN4O3S2. The number of sulfonamides is 1. The van der Waals surface area contributed by atoms with Crippen molar-refractivity contribution in [2.75, 3.05) is 11.1 Å². The summed E-state index contributed by atoms with van der Waals surface area (Å²) in [7, 11) is -3.81. The number of aryl methyl sites for hydroxylation is 2. The highest BCUT2D eigenvalue weighted by molar-refractivity contribution is 9.10. The normalized spacial score (nSPS) is 11.7. The Morgan fingerprint density at radius 3 is 2.70 bits per heavy atom. The standard InChI is InChI=1S/C20H23BrN4O3S2/c1-3-4-9-25-18-8-6-15(30(22,27)28)11-17(18)24-20(25)29-12-19(26)23-14-5-7-16(21)13(2)10-14/h5-8,10-11H,3-4,9,12H2,1-2H3,(H,23,26)(H2,22,27,28). The number of hydrogen-bond donors (Lipinski definition) is 2. The van der Waals surface area contributed by atoms with Gasteiger partial charge in [-0.2, -0.15) is 0 Å². The lowest BCUT2D eigenvalue weighted by Gasteiger charge is -2.09. The summed E-state index contributed by atoms with van der Waals surface area (Å²) in [6.07, 6.45) is 1.95. The molecule has 0 aliphatic heterocycles. The third-order valence-electron chi connectivity index (χ3n) is 4.52. The summed E-state index contributed by atoms with van der Waals surface area (Å²) in [4.78, 5) is 17.0. The molecule has 160 valence electrons. The van der Waals surface area contributed by atoms with Crippen LogP contribution in [0.5, 0.6) is 0 Å². The number of imidazole rings is 1. The molecule has 0 aliphatic rings. The molecule has 0 saturated carbocycles. The Morgan fingerprint density at radius 2 is 2.03 bits per heavy atom. The van der Waals surface area contributed by atoms with Crippen LogP contribution in [0.25, 0.3) is 11.0 Å². The van der Waals surface area contributed by atoms with Gasteiger partial charge in [0.05, 0.1) is 21.7 Å². The zero-order valence-electron chi connectivity index (χ0n) is 16.7. The number of carbonyl (C=O) groups is 1. The van der Waals surface area contributed by atoms with Gasteiger partial charge < -0.3 is 9.88 Å². The largest absolute Gasteiger partial charge is 0.325 e. The maximum absolute atomic E-state index is 12.4. The second kappa shape index (κ2) is 9.51. The molecule has 2 aromatic carbocycles. The van der Waals surface area contributed by atoms with Crippen molar-refractivity contribution in [2.45, 2.75) is 43.3 Å². The molecule has 0 aliphatic carbocycles. The molecule has 3 N–H and O–H groups in total. The van der Waals surface area contributed by atoms with E-state index >= 15 is 0 Å². The summed E-state index contributed by atoms with van der Waals surface area (Å²) >= 11 is 4.77.